The first-order valence-electron chi connectivity index (χ1n) is 9.11. The van der Waals surface area contributed by atoms with Gasteiger partial charge in [-0.05, 0) is 37.8 Å². The Kier molecular flexibility index (Phi) is 5.72. The van der Waals surface area contributed by atoms with Gasteiger partial charge in [0, 0.05) is 19.5 Å². The highest BCUT2D eigenvalue weighted by Gasteiger charge is 2.27. The van der Waals surface area contributed by atoms with Crippen LogP contribution in [-0.4, -0.2) is 48.0 Å². The lowest BCUT2D eigenvalue weighted by Crippen LogP contribution is -2.43. The first-order valence-corrected chi connectivity index (χ1v) is 12.4. The molecule has 1 aromatic rings. The van der Waals surface area contributed by atoms with Crippen LogP contribution in [0.5, 0.6) is 0 Å². The number of benzene rings is 1. The fraction of sp³-hybridized carbons (Fsp3) is 0.611. The van der Waals surface area contributed by atoms with Crippen LogP contribution < -0.4 is 0 Å². The highest BCUT2D eigenvalue weighted by atomic mass is 32.3. The third-order valence-corrected chi connectivity index (χ3v) is 9.35. The maximum Gasteiger partial charge on any atom is 0.290 e. The molecule has 1 saturated carbocycles. The SMILES string of the molecule is Cc1ccc(S(=O)(=O)N=S2(=O)CCN(C(=O)CCCC3CC3)CC2)cc1. The van der Waals surface area contributed by atoms with Crippen molar-refractivity contribution in [2.75, 3.05) is 24.6 Å². The predicted octanol–water partition coefficient (Wildman–Crippen LogP) is 2.57. The number of rotatable bonds is 6. The standard InChI is InChI=1S/C18H26N2O4S2/c1-15-5-9-17(10-6-15)26(23,24)19-25(22)13-11-20(12-14-25)18(21)4-2-3-16-7-8-16/h5-6,9-10,16H,2-4,7-8,11-14H2,1H3. The van der Waals surface area contributed by atoms with Gasteiger partial charge in [0.05, 0.1) is 26.1 Å². The van der Waals surface area contributed by atoms with Crippen LogP contribution in [-0.2, 0) is 24.5 Å². The largest absolute Gasteiger partial charge is 0.341 e. The Morgan fingerprint density at radius 1 is 1.19 bits per heavy atom. The smallest absolute Gasteiger partial charge is 0.290 e. The molecule has 144 valence electrons. The molecule has 2 aliphatic rings. The van der Waals surface area contributed by atoms with Crippen molar-refractivity contribution in [2.24, 2.45) is 9.69 Å². The van der Waals surface area contributed by atoms with E-state index in [-0.39, 0.29) is 22.3 Å². The quantitative estimate of drug-likeness (QED) is 0.737. The number of carbonyl (C=O) groups excluding carboxylic acids is 1. The van der Waals surface area contributed by atoms with E-state index in [0.29, 0.717) is 19.5 Å². The van der Waals surface area contributed by atoms with Gasteiger partial charge in [-0.15, -0.1) is 3.77 Å². The van der Waals surface area contributed by atoms with Crippen LogP contribution in [0.25, 0.3) is 0 Å². The summed E-state index contributed by atoms with van der Waals surface area (Å²) in [6.07, 6.45) is 5.12. The minimum atomic E-state index is -3.94. The first-order chi connectivity index (χ1) is 12.3. The molecule has 0 bridgehead atoms. The molecular weight excluding hydrogens is 372 g/mol. The zero-order valence-electron chi connectivity index (χ0n) is 15.1. The molecule has 0 aromatic heterocycles. The van der Waals surface area contributed by atoms with E-state index in [1.54, 1.807) is 17.0 Å². The van der Waals surface area contributed by atoms with Gasteiger partial charge in [-0.1, -0.05) is 30.5 Å². The Morgan fingerprint density at radius 2 is 1.81 bits per heavy atom. The van der Waals surface area contributed by atoms with E-state index < -0.39 is 19.8 Å². The second kappa shape index (κ2) is 7.68. The molecule has 26 heavy (non-hydrogen) atoms. The van der Waals surface area contributed by atoms with Gasteiger partial charge in [-0.3, -0.25) is 4.79 Å². The van der Waals surface area contributed by atoms with E-state index in [9.17, 15) is 17.4 Å². The van der Waals surface area contributed by atoms with Gasteiger partial charge in [0.2, 0.25) is 5.91 Å². The zero-order valence-corrected chi connectivity index (χ0v) is 16.7. The summed E-state index contributed by atoms with van der Waals surface area (Å²) >= 11 is 0. The molecule has 1 heterocycles. The van der Waals surface area contributed by atoms with Crippen molar-refractivity contribution in [3.8, 4) is 0 Å². The second-order valence-electron chi connectivity index (χ2n) is 7.26. The molecule has 1 aliphatic carbocycles. The van der Waals surface area contributed by atoms with E-state index in [1.165, 1.54) is 25.0 Å². The number of hydrogen-bond acceptors (Lipinski definition) is 4. The van der Waals surface area contributed by atoms with Crippen LogP contribution >= 0.6 is 0 Å². The number of hydrogen-bond donors (Lipinski definition) is 0. The summed E-state index contributed by atoms with van der Waals surface area (Å²) in [5.41, 5.74) is 0.946. The Labute approximate surface area is 156 Å². The van der Waals surface area contributed by atoms with Gasteiger partial charge >= 0.3 is 0 Å². The highest BCUT2D eigenvalue weighted by molar-refractivity contribution is 8.03. The molecule has 1 amide bonds. The second-order valence-corrected chi connectivity index (χ2v) is 11.6. The van der Waals surface area contributed by atoms with E-state index in [0.717, 1.165) is 24.3 Å². The van der Waals surface area contributed by atoms with Crippen LogP contribution in [0.2, 0.25) is 0 Å². The van der Waals surface area contributed by atoms with Crippen molar-refractivity contribution in [2.45, 2.75) is 43.9 Å². The van der Waals surface area contributed by atoms with Crippen LogP contribution in [0.3, 0.4) is 0 Å². The summed E-state index contributed by atoms with van der Waals surface area (Å²) in [6, 6.07) is 6.35. The molecule has 6 nitrogen and oxygen atoms in total. The maximum absolute atomic E-state index is 12.9. The summed E-state index contributed by atoms with van der Waals surface area (Å²) < 4.78 is 41.4. The Hall–Kier alpha value is -1.41. The van der Waals surface area contributed by atoms with Crippen molar-refractivity contribution in [1.29, 1.82) is 0 Å². The zero-order chi connectivity index (χ0) is 18.8. The van der Waals surface area contributed by atoms with Crippen LogP contribution in [0.15, 0.2) is 32.9 Å². The Balaban J connectivity index is 1.61. The Bertz CT molecular complexity index is 866. The van der Waals surface area contributed by atoms with E-state index in [1.807, 2.05) is 6.92 Å². The molecule has 1 saturated heterocycles. The maximum atomic E-state index is 12.9. The highest BCUT2D eigenvalue weighted by Crippen LogP contribution is 2.33. The van der Waals surface area contributed by atoms with Crippen molar-refractivity contribution in [1.82, 2.24) is 4.90 Å². The van der Waals surface area contributed by atoms with Crippen LogP contribution in [0.4, 0.5) is 0 Å². The normalized spacial score (nSPS) is 20.0. The fourth-order valence-corrected chi connectivity index (χ4v) is 7.15. The monoisotopic (exact) mass is 398 g/mol. The molecule has 2 fully saturated rings. The van der Waals surface area contributed by atoms with E-state index in [2.05, 4.69) is 3.77 Å². The summed E-state index contributed by atoms with van der Waals surface area (Å²) in [5, 5.41) is 0. The first kappa shape index (κ1) is 19.4. The third-order valence-electron chi connectivity index (χ3n) is 4.97. The van der Waals surface area contributed by atoms with Gasteiger partial charge in [-0.2, -0.15) is 8.42 Å². The predicted molar refractivity (Wildman–Crippen MR) is 102 cm³/mol. The topological polar surface area (TPSA) is 83.9 Å². The van der Waals surface area contributed by atoms with Crippen LogP contribution in [0.1, 0.15) is 37.7 Å². The number of amides is 1. The van der Waals surface area contributed by atoms with Gasteiger partial charge in [0.25, 0.3) is 10.0 Å². The van der Waals surface area contributed by atoms with Crippen molar-refractivity contribution in [3.05, 3.63) is 29.8 Å². The molecule has 0 atom stereocenters. The number of carbonyl (C=O) groups is 1. The lowest BCUT2D eigenvalue weighted by molar-refractivity contribution is -0.131. The molecule has 0 unspecified atom stereocenters. The molecule has 0 spiro atoms. The van der Waals surface area contributed by atoms with Gasteiger partial charge < -0.3 is 4.90 Å². The minimum absolute atomic E-state index is 0.0596. The molecular formula is C18H26N2O4S2. The minimum Gasteiger partial charge on any atom is -0.341 e. The van der Waals surface area contributed by atoms with Gasteiger partial charge in [0.1, 0.15) is 0 Å². The fourth-order valence-electron chi connectivity index (χ4n) is 3.08. The molecule has 1 aliphatic heterocycles. The van der Waals surface area contributed by atoms with Crippen LogP contribution in [0, 0.1) is 12.8 Å². The van der Waals surface area contributed by atoms with Crippen molar-refractivity contribution in [3.63, 3.8) is 0 Å². The molecule has 1 aromatic carbocycles. The third kappa shape index (κ3) is 5.07. The van der Waals surface area contributed by atoms with Gasteiger partial charge in [0.15, 0.2) is 0 Å². The summed E-state index contributed by atoms with van der Waals surface area (Å²) in [5.74, 6) is 1.13. The number of sulfonamides is 1. The molecule has 3 rings (SSSR count). The molecule has 8 heteroatoms. The van der Waals surface area contributed by atoms with Gasteiger partial charge in [-0.25, -0.2) is 4.21 Å². The lowest BCUT2D eigenvalue weighted by Gasteiger charge is -2.28. The van der Waals surface area contributed by atoms with E-state index in [4.69, 9.17) is 0 Å². The number of nitrogens with zero attached hydrogens (tertiary/aromatic N) is 2. The average molecular weight is 399 g/mol. The van der Waals surface area contributed by atoms with E-state index >= 15 is 0 Å². The average Bonchev–Trinajstić information content (AvgIpc) is 3.39. The summed E-state index contributed by atoms with van der Waals surface area (Å²) in [7, 11) is -6.80. The summed E-state index contributed by atoms with van der Waals surface area (Å²) in [6.45, 7) is 2.49. The van der Waals surface area contributed by atoms with Crippen molar-refractivity contribution >= 4 is 25.7 Å². The van der Waals surface area contributed by atoms with Crippen molar-refractivity contribution < 1.29 is 17.4 Å². The number of aryl methyl sites for hydroxylation is 1. The Morgan fingerprint density at radius 3 is 2.38 bits per heavy atom. The summed E-state index contributed by atoms with van der Waals surface area (Å²) in [4.78, 5) is 14.0. The molecule has 0 N–H and O–H groups in total. The molecule has 0 radical (unpaired) electrons. The lowest BCUT2D eigenvalue weighted by atomic mass is 10.1.